The fourth-order valence-corrected chi connectivity index (χ4v) is 4.85. The van der Waals surface area contributed by atoms with Crippen LogP contribution >= 0.6 is 0 Å². The highest BCUT2D eigenvalue weighted by Crippen LogP contribution is 2.41. The number of aryl methyl sites for hydroxylation is 2. The summed E-state index contributed by atoms with van der Waals surface area (Å²) in [5.74, 6) is 0. The average Bonchev–Trinajstić information content (AvgIpc) is 2.82. The summed E-state index contributed by atoms with van der Waals surface area (Å²) < 4.78 is 0. The van der Waals surface area contributed by atoms with Crippen LogP contribution in [0.25, 0.3) is 33.6 Å². The van der Waals surface area contributed by atoms with Gasteiger partial charge in [-0.15, -0.1) is 0 Å². The molecule has 0 amide bonds. The Morgan fingerprint density at radius 2 is 1.61 bits per heavy atom. The fourth-order valence-electron chi connectivity index (χ4n) is 4.85. The van der Waals surface area contributed by atoms with Crippen molar-refractivity contribution in [2.24, 2.45) is 5.73 Å². The third kappa shape index (κ3) is 3.06. The van der Waals surface area contributed by atoms with Crippen molar-refractivity contribution >= 4 is 0 Å². The predicted molar refractivity (Wildman–Crippen MR) is 123 cm³/mol. The molecule has 4 aromatic rings. The Hall–Kier alpha value is -3.37. The van der Waals surface area contributed by atoms with Gasteiger partial charge >= 0.3 is 0 Å². The number of pyridine rings is 1. The molecule has 31 heavy (non-hydrogen) atoms. The molecule has 2 aliphatic carbocycles. The summed E-state index contributed by atoms with van der Waals surface area (Å²) in [6, 6.07) is 21.5. The molecule has 4 nitrogen and oxygen atoms in total. The van der Waals surface area contributed by atoms with Crippen LogP contribution in [0.2, 0.25) is 0 Å². The van der Waals surface area contributed by atoms with Crippen LogP contribution in [0, 0.1) is 0 Å². The van der Waals surface area contributed by atoms with E-state index in [1.165, 1.54) is 17.5 Å². The molecular formula is C27H24N4. The van der Waals surface area contributed by atoms with Gasteiger partial charge in [-0.3, -0.25) is 4.98 Å². The lowest BCUT2D eigenvalue weighted by Crippen LogP contribution is -2.43. The van der Waals surface area contributed by atoms with Crippen LogP contribution in [0.4, 0.5) is 0 Å². The SMILES string of the molecule is NC1(c2ccc(-c3nc4c(cc3-c3ccccc3)-c3ncncc3CC4)cc2)CCC1. The van der Waals surface area contributed by atoms with E-state index in [2.05, 4.69) is 64.6 Å². The molecule has 6 rings (SSSR count). The van der Waals surface area contributed by atoms with E-state index < -0.39 is 0 Å². The normalized spacial score (nSPS) is 16.2. The fraction of sp³-hybridized carbons (Fsp3) is 0.222. The Balaban J connectivity index is 1.52. The minimum Gasteiger partial charge on any atom is -0.321 e. The summed E-state index contributed by atoms with van der Waals surface area (Å²) in [7, 11) is 0. The molecule has 0 bridgehead atoms. The first kappa shape index (κ1) is 18.4. The van der Waals surface area contributed by atoms with Crippen molar-refractivity contribution < 1.29 is 0 Å². The maximum atomic E-state index is 6.54. The number of hydrogen-bond donors (Lipinski definition) is 1. The molecule has 152 valence electrons. The van der Waals surface area contributed by atoms with Crippen LogP contribution in [0.5, 0.6) is 0 Å². The zero-order valence-corrected chi connectivity index (χ0v) is 17.4. The Labute approximate surface area is 182 Å². The Morgan fingerprint density at radius 1 is 0.806 bits per heavy atom. The number of hydrogen-bond acceptors (Lipinski definition) is 4. The quantitative estimate of drug-likeness (QED) is 0.503. The van der Waals surface area contributed by atoms with E-state index in [0.29, 0.717) is 0 Å². The molecule has 0 spiro atoms. The lowest BCUT2D eigenvalue weighted by Gasteiger charge is -2.38. The summed E-state index contributed by atoms with van der Waals surface area (Å²) in [5, 5.41) is 0. The second-order valence-corrected chi connectivity index (χ2v) is 8.73. The van der Waals surface area contributed by atoms with Crippen molar-refractivity contribution in [3.8, 4) is 33.6 Å². The molecule has 2 aromatic carbocycles. The predicted octanol–water partition coefficient (Wildman–Crippen LogP) is 5.31. The lowest BCUT2D eigenvalue weighted by atomic mass is 9.72. The third-order valence-electron chi connectivity index (χ3n) is 6.84. The second-order valence-electron chi connectivity index (χ2n) is 8.73. The van der Waals surface area contributed by atoms with E-state index in [1.807, 2.05) is 12.3 Å². The molecular weight excluding hydrogens is 380 g/mol. The smallest absolute Gasteiger partial charge is 0.116 e. The van der Waals surface area contributed by atoms with Gasteiger partial charge in [-0.2, -0.15) is 0 Å². The van der Waals surface area contributed by atoms with Gasteiger partial charge in [0.25, 0.3) is 0 Å². The zero-order chi connectivity index (χ0) is 20.8. The molecule has 2 N–H and O–H groups in total. The van der Waals surface area contributed by atoms with Crippen LogP contribution in [0.3, 0.4) is 0 Å². The molecule has 0 unspecified atom stereocenters. The highest BCUT2D eigenvalue weighted by Gasteiger charge is 2.34. The molecule has 0 atom stereocenters. The summed E-state index contributed by atoms with van der Waals surface area (Å²) in [4.78, 5) is 14.0. The van der Waals surface area contributed by atoms with Crippen molar-refractivity contribution in [2.45, 2.75) is 37.6 Å². The second kappa shape index (κ2) is 7.10. The van der Waals surface area contributed by atoms with Gasteiger partial charge in [0.1, 0.15) is 6.33 Å². The van der Waals surface area contributed by atoms with Gasteiger partial charge in [0, 0.05) is 28.4 Å². The Morgan fingerprint density at radius 3 is 2.35 bits per heavy atom. The van der Waals surface area contributed by atoms with Crippen molar-refractivity contribution in [3.63, 3.8) is 0 Å². The maximum absolute atomic E-state index is 6.54. The number of benzene rings is 2. The summed E-state index contributed by atoms with van der Waals surface area (Å²) in [6.07, 6.45) is 8.75. The topological polar surface area (TPSA) is 64.7 Å². The monoisotopic (exact) mass is 404 g/mol. The van der Waals surface area contributed by atoms with Crippen molar-refractivity contribution in [1.29, 1.82) is 0 Å². The number of nitrogens with two attached hydrogens (primary N) is 1. The molecule has 1 fully saturated rings. The Bertz CT molecular complexity index is 1260. The third-order valence-corrected chi connectivity index (χ3v) is 6.84. The Kier molecular flexibility index (Phi) is 4.22. The van der Waals surface area contributed by atoms with Gasteiger partial charge in [0.15, 0.2) is 0 Å². The van der Waals surface area contributed by atoms with E-state index in [0.717, 1.165) is 65.0 Å². The summed E-state index contributed by atoms with van der Waals surface area (Å²) in [5.41, 5.74) is 16.5. The molecule has 0 aliphatic heterocycles. The van der Waals surface area contributed by atoms with E-state index >= 15 is 0 Å². The first-order valence-corrected chi connectivity index (χ1v) is 11.0. The van der Waals surface area contributed by atoms with Crippen LogP contribution in [0.1, 0.15) is 36.1 Å². The molecule has 1 saturated carbocycles. The van der Waals surface area contributed by atoms with Gasteiger partial charge in [-0.25, -0.2) is 9.97 Å². The highest BCUT2D eigenvalue weighted by molar-refractivity contribution is 5.85. The van der Waals surface area contributed by atoms with Crippen molar-refractivity contribution in [2.75, 3.05) is 0 Å². The summed E-state index contributed by atoms with van der Waals surface area (Å²) in [6.45, 7) is 0. The van der Waals surface area contributed by atoms with Gasteiger partial charge in [-0.1, -0.05) is 54.6 Å². The van der Waals surface area contributed by atoms with Crippen molar-refractivity contribution in [1.82, 2.24) is 15.0 Å². The van der Waals surface area contributed by atoms with E-state index in [-0.39, 0.29) is 5.54 Å². The molecule has 4 heteroatoms. The van der Waals surface area contributed by atoms with Crippen LogP contribution in [-0.2, 0) is 18.4 Å². The molecule has 0 saturated heterocycles. The number of rotatable bonds is 3. The van der Waals surface area contributed by atoms with Gasteiger partial charge in [0.2, 0.25) is 0 Å². The number of fused-ring (bicyclic) bond motifs is 3. The zero-order valence-electron chi connectivity index (χ0n) is 17.4. The first-order valence-electron chi connectivity index (χ1n) is 11.0. The minimum absolute atomic E-state index is 0.145. The maximum Gasteiger partial charge on any atom is 0.116 e. The molecule has 0 radical (unpaired) electrons. The first-order chi connectivity index (χ1) is 15.2. The minimum atomic E-state index is -0.145. The highest BCUT2D eigenvalue weighted by atomic mass is 14.8. The van der Waals surface area contributed by atoms with Gasteiger partial charge in [0.05, 0.1) is 17.1 Å². The average molecular weight is 405 g/mol. The molecule has 2 heterocycles. The van der Waals surface area contributed by atoms with E-state index in [4.69, 9.17) is 10.7 Å². The molecule has 2 aromatic heterocycles. The number of nitrogens with zero attached hydrogens (tertiary/aromatic N) is 3. The van der Waals surface area contributed by atoms with Crippen LogP contribution < -0.4 is 5.73 Å². The van der Waals surface area contributed by atoms with Crippen molar-refractivity contribution in [3.05, 3.63) is 90.0 Å². The standard InChI is InChI=1S/C27H24N4/c28-27(13-4-14-27)21-10-7-19(8-11-21)26-22(18-5-2-1-3-6-18)15-23-24(31-26)12-9-20-16-29-17-30-25(20)23/h1-3,5-8,10-11,15-17H,4,9,12-14,28H2. The lowest BCUT2D eigenvalue weighted by molar-refractivity contribution is 0.253. The number of aromatic nitrogens is 3. The van der Waals surface area contributed by atoms with Crippen LogP contribution in [0.15, 0.2) is 73.2 Å². The molecule has 2 aliphatic rings. The van der Waals surface area contributed by atoms with E-state index in [1.54, 1.807) is 6.33 Å². The largest absolute Gasteiger partial charge is 0.321 e. The van der Waals surface area contributed by atoms with Gasteiger partial charge in [-0.05, 0) is 54.9 Å². The van der Waals surface area contributed by atoms with Crippen LogP contribution in [-0.4, -0.2) is 15.0 Å². The van der Waals surface area contributed by atoms with E-state index in [9.17, 15) is 0 Å². The van der Waals surface area contributed by atoms with Gasteiger partial charge < -0.3 is 5.73 Å². The summed E-state index contributed by atoms with van der Waals surface area (Å²) >= 11 is 0.